The molecule has 2 aliphatic rings. The van der Waals surface area contributed by atoms with Gasteiger partial charge in [-0.05, 0) is 31.5 Å². The molecule has 1 saturated heterocycles. The summed E-state index contributed by atoms with van der Waals surface area (Å²) in [5, 5.41) is 7.45. The first kappa shape index (κ1) is 21.3. The summed E-state index contributed by atoms with van der Waals surface area (Å²) >= 11 is 1.46. The molecule has 32 heavy (non-hydrogen) atoms. The molecular formula is C22H25N5O3S2. The first-order chi connectivity index (χ1) is 15.5. The minimum atomic E-state index is -1.00. The molecular weight excluding hydrogens is 446 g/mol. The molecule has 8 nitrogen and oxygen atoms in total. The average Bonchev–Trinajstić information content (AvgIpc) is 3.46. The van der Waals surface area contributed by atoms with Gasteiger partial charge in [0.1, 0.15) is 5.75 Å². The zero-order valence-corrected chi connectivity index (χ0v) is 19.7. The van der Waals surface area contributed by atoms with Gasteiger partial charge in [-0.15, -0.1) is 11.3 Å². The minimum absolute atomic E-state index is 0.0458. The number of carbonyl (C=O) groups is 1. The lowest BCUT2D eigenvalue weighted by molar-refractivity contribution is 0.0700. The molecule has 0 bridgehead atoms. The monoisotopic (exact) mass is 471 g/mol. The Hall–Kier alpha value is -2.56. The van der Waals surface area contributed by atoms with Crippen LogP contribution in [0.25, 0.3) is 22.4 Å². The van der Waals surface area contributed by atoms with Crippen molar-refractivity contribution in [3.8, 4) is 28.1 Å². The fourth-order valence-electron chi connectivity index (χ4n) is 4.01. The largest absolute Gasteiger partial charge is 0.492 e. The SMILES string of the molecule is CC(C)S(=O)N1CCN(C(=O)c2nc3c(s2)CCOc2cc(-c4cn[nH]c4)ccc2-3)CC1. The minimum Gasteiger partial charge on any atom is -0.492 e. The second-order valence-electron chi connectivity index (χ2n) is 8.13. The zero-order valence-electron chi connectivity index (χ0n) is 18.0. The second kappa shape index (κ2) is 8.76. The summed E-state index contributed by atoms with van der Waals surface area (Å²) in [5.74, 6) is 0.729. The van der Waals surface area contributed by atoms with E-state index in [1.807, 2.05) is 47.4 Å². The van der Waals surface area contributed by atoms with Crippen LogP contribution in [0.3, 0.4) is 0 Å². The number of benzene rings is 1. The van der Waals surface area contributed by atoms with Crippen LogP contribution in [0.15, 0.2) is 30.6 Å². The molecule has 0 aliphatic carbocycles. The van der Waals surface area contributed by atoms with Crippen LogP contribution in [0.2, 0.25) is 0 Å². The molecule has 2 aromatic heterocycles. The van der Waals surface area contributed by atoms with Crippen LogP contribution in [-0.4, -0.2) is 72.5 Å². The Bertz CT molecular complexity index is 1150. The molecule has 3 aromatic rings. The van der Waals surface area contributed by atoms with Crippen LogP contribution in [0.4, 0.5) is 0 Å². The Morgan fingerprint density at radius 2 is 2.03 bits per heavy atom. The molecule has 4 heterocycles. The van der Waals surface area contributed by atoms with Gasteiger partial charge in [-0.1, -0.05) is 6.07 Å². The van der Waals surface area contributed by atoms with Crippen molar-refractivity contribution in [3.63, 3.8) is 0 Å². The summed E-state index contributed by atoms with van der Waals surface area (Å²) in [6.45, 7) is 6.82. The number of nitrogens with zero attached hydrogens (tertiary/aromatic N) is 4. The van der Waals surface area contributed by atoms with E-state index >= 15 is 0 Å². The second-order valence-corrected chi connectivity index (χ2v) is 11.2. The number of carbonyl (C=O) groups excluding carboxylic acids is 1. The van der Waals surface area contributed by atoms with Gasteiger partial charge >= 0.3 is 0 Å². The topological polar surface area (TPSA) is 91.4 Å². The quantitative estimate of drug-likeness (QED) is 0.632. The summed E-state index contributed by atoms with van der Waals surface area (Å²) in [4.78, 5) is 20.8. The number of nitrogens with one attached hydrogen (secondary N) is 1. The van der Waals surface area contributed by atoms with E-state index in [1.54, 1.807) is 6.20 Å². The van der Waals surface area contributed by atoms with Crippen LogP contribution in [0.1, 0.15) is 28.5 Å². The van der Waals surface area contributed by atoms with E-state index in [2.05, 4.69) is 10.2 Å². The molecule has 5 rings (SSSR count). The first-order valence-electron chi connectivity index (χ1n) is 10.7. The maximum Gasteiger partial charge on any atom is 0.282 e. The predicted octanol–water partition coefficient (Wildman–Crippen LogP) is 2.97. The molecule has 1 atom stereocenters. The number of H-pyrrole nitrogens is 1. The molecule has 0 radical (unpaired) electrons. The number of aromatic amines is 1. The van der Waals surface area contributed by atoms with E-state index in [0.717, 1.165) is 39.4 Å². The Morgan fingerprint density at radius 3 is 2.75 bits per heavy atom. The highest BCUT2D eigenvalue weighted by Gasteiger charge is 2.29. The van der Waals surface area contributed by atoms with Crippen LogP contribution in [0, 0.1) is 0 Å². The lowest BCUT2D eigenvalue weighted by atomic mass is 10.0. The van der Waals surface area contributed by atoms with Crippen molar-refractivity contribution in [1.82, 2.24) is 24.4 Å². The number of aromatic nitrogens is 3. The van der Waals surface area contributed by atoms with Crippen molar-refractivity contribution < 1.29 is 13.7 Å². The van der Waals surface area contributed by atoms with Crippen molar-refractivity contribution in [2.45, 2.75) is 25.5 Å². The first-order valence-corrected chi connectivity index (χ1v) is 12.7. The lowest BCUT2D eigenvalue weighted by Crippen LogP contribution is -2.50. The van der Waals surface area contributed by atoms with Gasteiger partial charge in [0.15, 0.2) is 5.01 Å². The number of ether oxygens (including phenoxy) is 1. The normalized spacial score (nSPS) is 17.4. The van der Waals surface area contributed by atoms with Crippen LogP contribution >= 0.6 is 11.3 Å². The molecule has 1 amide bonds. The van der Waals surface area contributed by atoms with Crippen LogP contribution in [-0.2, 0) is 17.4 Å². The molecule has 0 saturated carbocycles. The standard InChI is InChI=1S/C22H25N5O3S2/c1-14(2)32(29)27-8-6-26(7-9-27)22(28)21-25-20-17-4-3-15(16-12-23-24-13-16)11-18(17)30-10-5-19(20)31-21/h3-4,11-14H,5-10H2,1-2H3,(H,23,24). The van der Waals surface area contributed by atoms with E-state index in [0.29, 0.717) is 37.8 Å². The van der Waals surface area contributed by atoms with E-state index in [9.17, 15) is 9.00 Å². The number of thiazole rings is 1. The van der Waals surface area contributed by atoms with E-state index in [1.165, 1.54) is 11.3 Å². The maximum atomic E-state index is 13.2. The van der Waals surface area contributed by atoms with Gasteiger partial charge in [0.2, 0.25) is 0 Å². The highest BCUT2D eigenvalue weighted by Crippen LogP contribution is 2.39. The molecule has 1 unspecified atom stereocenters. The van der Waals surface area contributed by atoms with Gasteiger partial charge in [0.05, 0.1) is 29.5 Å². The number of rotatable bonds is 4. The van der Waals surface area contributed by atoms with Crippen LogP contribution < -0.4 is 4.74 Å². The lowest BCUT2D eigenvalue weighted by Gasteiger charge is -2.34. The molecule has 2 aliphatic heterocycles. The van der Waals surface area contributed by atoms with E-state index < -0.39 is 11.0 Å². The van der Waals surface area contributed by atoms with Crippen molar-refractivity contribution in [2.75, 3.05) is 32.8 Å². The Labute approximate surface area is 193 Å². The molecule has 1 N–H and O–H groups in total. The molecule has 1 fully saturated rings. The van der Waals surface area contributed by atoms with Crippen molar-refractivity contribution in [3.05, 3.63) is 40.5 Å². The summed E-state index contributed by atoms with van der Waals surface area (Å²) < 4.78 is 20.3. The Kier molecular flexibility index (Phi) is 5.83. The number of hydrogen-bond donors (Lipinski definition) is 1. The summed E-state index contributed by atoms with van der Waals surface area (Å²) in [5.41, 5.74) is 3.76. The van der Waals surface area contributed by atoms with Gasteiger partial charge in [-0.3, -0.25) is 9.89 Å². The number of fused-ring (bicyclic) bond motifs is 3. The van der Waals surface area contributed by atoms with Gasteiger partial charge in [0.25, 0.3) is 5.91 Å². The Morgan fingerprint density at radius 1 is 1.22 bits per heavy atom. The van der Waals surface area contributed by atoms with Crippen LogP contribution in [0.5, 0.6) is 5.75 Å². The van der Waals surface area contributed by atoms with Crippen molar-refractivity contribution in [2.24, 2.45) is 0 Å². The third kappa shape index (κ3) is 3.98. The smallest absolute Gasteiger partial charge is 0.282 e. The molecule has 10 heteroatoms. The van der Waals surface area contributed by atoms with E-state index in [-0.39, 0.29) is 11.2 Å². The van der Waals surface area contributed by atoms with Crippen molar-refractivity contribution >= 4 is 28.2 Å². The zero-order chi connectivity index (χ0) is 22.2. The fourth-order valence-corrected chi connectivity index (χ4v) is 6.15. The maximum absolute atomic E-state index is 13.2. The average molecular weight is 472 g/mol. The van der Waals surface area contributed by atoms with E-state index in [4.69, 9.17) is 9.72 Å². The summed E-state index contributed by atoms with van der Waals surface area (Å²) in [6.07, 6.45) is 4.34. The predicted molar refractivity (Wildman–Crippen MR) is 125 cm³/mol. The Balaban J connectivity index is 1.37. The summed E-state index contributed by atoms with van der Waals surface area (Å²) in [7, 11) is -1.00. The van der Waals surface area contributed by atoms with Gasteiger partial charge < -0.3 is 9.64 Å². The fraction of sp³-hybridized carbons (Fsp3) is 0.409. The third-order valence-electron chi connectivity index (χ3n) is 5.72. The summed E-state index contributed by atoms with van der Waals surface area (Å²) in [6, 6.07) is 6.04. The highest BCUT2D eigenvalue weighted by atomic mass is 32.2. The number of piperazine rings is 1. The van der Waals surface area contributed by atoms with Gasteiger partial charge in [-0.25, -0.2) is 13.5 Å². The molecule has 1 aromatic carbocycles. The molecule has 168 valence electrons. The number of hydrogen-bond acceptors (Lipinski definition) is 6. The highest BCUT2D eigenvalue weighted by molar-refractivity contribution is 7.83. The number of amides is 1. The molecule has 0 spiro atoms. The van der Waals surface area contributed by atoms with Gasteiger partial charge in [-0.2, -0.15) is 5.10 Å². The van der Waals surface area contributed by atoms with Crippen molar-refractivity contribution in [1.29, 1.82) is 0 Å². The third-order valence-corrected chi connectivity index (χ3v) is 8.50. The van der Waals surface area contributed by atoms with Gasteiger partial charge in [0, 0.05) is 60.1 Å².